The van der Waals surface area contributed by atoms with Crippen molar-refractivity contribution in [2.75, 3.05) is 4.90 Å². The van der Waals surface area contributed by atoms with Gasteiger partial charge >= 0.3 is 0 Å². The zero-order valence-corrected chi connectivity index (χ0v) is 24.6. The first kappa shape index (κ1) is 27.0. The van der Waals surface area contributed by atoms with Crippen LogP contribution in [-0.2, 0) is 5.41 Å². The largest absolute Gasteiger partial charge is 0.311 e. The van der Waals surface area contributed by atoms with Crippen molar-refractivity contribution < 1.29 is 0 Å². The first-order chi connectivity index (χ1) is 21.3. The van der Waals surface area contributed by atoms with Crippen LogP contribution < -0.4 is 4.90 Å². The van der Waals surface area contributed by atoms with E-state index in [1.165, 1.54) is 71.2 Å². The lowest BCUT2D eigenvalue weighted by molar-refractivity contribution is 0.346. The smallest absolute Gasteiger partial charge is 0.0462 e. The van der Waals surface area contributed by atoms with Crippen LogP contribution in [0.5, 0.6) is 0 Å². The lowest BCUT2D eigenvalue weighted by Crippen LogP contribution is -2.30. The number of anilines is 3. The van der Waals surface area contributed by atoms with Gasteiger partial charge in [-0.05, 0) is 82.6 Å². The third kappa shape index (κ3) is 5.51. The Balaban J connectivity index is 1.28. The summed E-state index contributed by atoms with van der Waals surface area (Å²) in [5, 5.41) is 0. The molecule has 1 fully saturated rings. The van der Waals surface area contributed by atoms with E-state index >= 15 is 0 Å². The minimum absolute atomic E-state index is 0.0948. The molecule has 1 saturated carbocycles. The van der Waals surface area contributed by atoms with Crippen molar-refractivity contribution in [1.29, 1.82) is 0 Å². The van der Waals surface area contributed by atoms with Gasteiger partial charge in [0.15, 0.2) is 0 Å². The molecule has 0 atom stereocenters. The lowest BCUT2D eigenvalue weighted by Gasteiger charge is -2.39. The van der Waals surface area contributed by atoms with Crippen molar-refractivity contribution in [3.8, 4) is 22.3 Å². The summed E-state index contributed by atoms with van der Waals surface area (Å²) in [6.07, 6.45) is 6.32. The summed E-state index contributed by atoms with van der Waals surface area (Å²) in [6, 6.07) is 59.7. The van der Waals surface area contributed by atoms with Crippen LogP contribution in [0.25, 0.3) is 22.3 Å². The molecule has 1 aliphatic carbocycles. The van der Waals surface area contributed by atoms with Gasteiger partial charge in [0.05, 0.1) is 0 Å². The van der Waals surface area contributed by atoms with E-state index in [-0.39, 0.29) is 5.41 Å². The van der Waals surface area contributed by atoms with Crippen LogP contribution in [0.2, 0.25) is 0 Å². The average molecular weight is 556 g/mol. The predicted molar refractivity (Wildman–Crippen MR) is 182 cm³/mol. The second-order valence-corrected chi connectivity index (χ2v) is 11.7. The van der Waals surface area contributed by atoms with Crippen molar-refractivity contribution in [3.63, 3.8) is 0 Å². The van der Waals surface area contributed by atoms with Gasteiger partial charge in [-0.3, -0.25) is 0 Å². The highest BCUT2D eigenvalue weighted by atomic mass is 15.1. The van der Waals surface area contributed by atoms with E-state index in [0.717, 1.165) is 11.4 Å². The highest BCUT2D eigenvalue weighted by molar-refractivity contribution is 5.80. The number of benzene rings is 6. The molecule has 0 saturated heterocycles. The second-order valence-electron chi connectivity index (χ2n) is 11.7. The Kier molecular flexibility index (Phi) is 7.63. The van der Waals surface area contributed by atoms with Gasteiger partial charge < -0.3 is 4.90 Å². The van der Waals surface area contributed by atoms with Crippen molar-refractivity contribution in [1.82, 2.24) is 0 Å². The molecule has 0 unspecified atom stereocenters. The van der Waals surface area contributed by atoms with Crippen LogP contribution in [0.1, 0.15) is 43.2 Å². The minimum Gasteiger partial charge on any atom is -0.311 e. The average Bonchev–Trinajstić information content (AvgIpc) is 3.11. The molecule has 1 heteroatoms. The second kappa shape index (κ2) is 12.2. The first-order valence-corrected chi connectivity index (χ1v) is 15.6. The Hall–Kier alpha value is -4.88. The van der Waals surface area contributed by atoms with E-state index in [2.05, 4.69) is 169 Å². The maximum atomic E-state index is 2.39. The summed E-state index contributed by atoms with van der Waals surface area (Å²) in [7, 11) is 0. The van der Waals surface area contributed by atoms with Gasteiger partial charge in [0, 0.05) is 22.5 Å². The van der Waals surface area contributed by atoms with Crippen LogP contribution in [0, 0.1) is 0 Å². The summed E-state index contributed by atoms with van der Waals surface area (Å²) in [5.74, 6) is 0. The maximum absolute atomic E-state index is 2.39. The Morgan fingerprint density at radius 1 is 0.326 bits per heavy atom. The molecule has 1 aliphatic rings. The van der Waals surface area contributed by atoms with E-state index in [4.69, 9.17) is 0 Å². The molecule has 1 nitrogen and oxygen atoms in total. The normalized spacial score (nSPS) is 14.2. The van der Waals surface area contributed by atoms with Crippen LogP contribution in [0.15, 0.2) is 164 Å². The van der Waals surface area contributed by atoms with Gasteiger partial charge in [-0.2, -0.15) is 0 Å². The maximum Gasteiger partial charge on any atom is 0.0462 e. The molecule has 6 aromatic rings. The molecule has 0 radical (unpaired) electrons. The summed E-state index contributed by atoms with van der Waals surface area (Å²) >= 11 is 0. The van der Waals surface area contributed by atoms with Gasteiger partial charge in [0.1, 0.15) is 0 Å². The van der Waals surface area contributed by atoms with Crippen molar-refractivity contribution >= 4 is 17.1 Å². The van der Waals surface area contributed by atoms with Crippen LogP contribution in [0.4, 0.5) is 17.1 Å². The fraction of sp³-hybridized carbons (Fsp3) is 0.143. The number of nitrogens with zero attached hydrogens (tertiary/aromatic N) is 1. The Labute approximate surface area is 256 Å². The molecule has 0 heterocycles. The van der Waals surface area contributed by atoms with E-state index in [1.807, 2.05) is 0 Å². The molecule has 7 rings (SSSR count). The molecule has 0 spiro atoms. The Bertz CT molecular complexity index is 1650. The molecular weight excluding hydrogens is 518 g/mol. The molecule has 0 bridgehead atoms. The predicted octanol–water partition coefficient (Wildman–Crippen LogP) is 11.7. The molecule has 0 N–H and O–H groups in total. The molecule has 43 heavy (non-hydrogen) atoms. The molecule has 0 amide bonds. The monoisotopic (exact) mass is 555 g/mol. The highest BCUT2D eigenvalue weighted by Crippen LogP contribution is 2.46. The van der Waals surface area contributed by atoms with Crippen LogP contribution in [0.3, 0.4) is 0 Å². The van der Waals surface area contributed by atoms with Crippen molar-refractivity contribution in [3.05, 3.63) is 175 Å². The highest BCUT2D eigenvalue weighted by Gasteiger charge is 2.35. The van der Waals surface area contributed by atoms with Crippen LogP contribution in [-0.4, -0.2) is 0 Å². The van der Waals surface area contributed by atoms with Crippen molar-refractivity contribution in [2.24, 2.45) is 0 Å². The summed E-state index contributed by atoms with van der Waals surface area (Å²) in [4.78, 5) is 2.38. The number of hydrogen-bond acceptors (Lipinski definition) is 1. The van der Waals surface area contributed by atoms with Gasteiger partial charge in [-0.25, -0.2) is 0 Å². The zero-order chi connectivity index (χ0) is 28.9. The van der Waals surface area contributed by atoms with E-state index in [9.17, 15) is 0 Å². The minimum atomic E-state index is 0.0948. The van der Waals surface area contributed by atoms with Gasteiger partial charge in [0.2, 0.25) is 0 Å². The van der Waals surface area contributed by atoms with Gasteiger partial charge in [-0.15, -0.1) is 0 Å². The topological polar surface area (TPSA) is 3.24 Å². The Morgan fingerprint density at radius 2 is 0.674 bits per heavy atom. The van der Waals surface area contributed by atoms with Crippen LogP contribution >= 0.6 is 0 Å². The third-order valence-corrected chi connectivity index (χ3v) is 9.18. The summed E-state index contributed by atoms with van der Waals surface area (Å²) < 4.78 is 0. The molecule has 6 aromatic carbocycles. The standard InChI is InChI=1S/C42H37N/c1-5-13-33(14-6-1)35-19-25-39(26-20-35)43(40-27-21-36(22-28-40)34-15-7-2-8-16-34)41-29-23-38(24-30-41)42(31-11-4-12-32-42)37-17-9-3-10-18-37/h1-3,5-10,13-30H,4,11-12,31-32H2. The number of hydrogen-bond donors (Lipinski definition) is 0. The van der Waals surface area contributed by atoms with E-state index in [0.29, 0.717) is 0 Å². The van der Waals surface area contributed by atoms with Gasteiger partial charge in [-0.1, -0.05) is 147 Å². The molecule has 0 aromatic heterocycles. The van der Waals surface area contributed by atoms with Crippen molar-refractivity contribution in [2.45, 2.75) is 37.5 Å². The third-order valence-electron chi connectivity index (χ3n) is 9.18. The summed E-state index contributed by atoms with van der Waals surface area (Å²) in [5.41, 5.74) is 11.4. The first-order valence-electron chi connectivity index (χ1n) is 15.6. The van der Waals surface area contributed by atoms with E-state index in [1.54, 1.807) is 0 Å². The SMILES string of the molecule is c1ccc(-c2ccc(N(c3ccc(-c4ccccc4)cc3)c3ccc(C4(c5ccccc5)CCCCC4)cc3)cc2)cc1. The molecule has 210 valence electrons. The molecular formula is C42H37N. The summed E-state index contributed by atoms with van der Waals surface area (Å²) in [6.45, 7) is 0. The quantitative estimate of drug-likeness (QED) is 0.189. The van der Waals surface area contributed by atoms with E-state index < -0.39 is 0 Å². The molecule has 0 aliphatic heterocycles. The fourth-order valence-corrected chi connectivity index (χ4v) is 6.90. The zero-order valence-electron chi connectivity index (χ0n) is 24.6. The Morgan fingerprint density at radius 3 is 1.12 bits per heavy atom. The lowest BCUT2D eigenvalue weighted by atomic mass is 9.65. The number of rotatable bonds is 7. The fourth-order valence-electron chi connectivity index (χ4n) is 6.90. The van der Waals surface area contributed by atoms with Gasteiger partial charge in [0.25, 0.3) is 0 Å².